The van der Waals surface area contributed by atoms with Crippen molar-refractivity contribution in [2.75, 3.05) is 66.7 Å². The van der Waals surface area contributed by atoms with Crippen molar-refractivity contribution in [1.29, 1.82) is 0 Å². The minimum Gasteiger partial charge on any atom is -0.444 e. The number of likely N-dealkylation sites (tertiary alicyclic amines) is 2. The fourth-order valence-electron chi connectivity index (χ4n) is 7.58. The van der Waals surface area contributed by atoms with Crippen LogP contribution in [0, 0.1) is 23.7 Å². The van der Waals surface area contributed by atoms with Crippen LogP contribution in [0.2, 0.25) is 0 Å². The summed E-state index contributed by atoms with van der Waals surface area (Å²) in [5.41, 5.74) is 5.80. The first-order valence-corrected chi connectivity index (χ1v) is 16.8. The van der Waals surface area contributed by atoms with Gasteiger partial charge in [0.15, 0.2) is 0 Å². The lowest BCUT2D eigenvalue weighted by Gasteiger charge is -2.39. The van der Waals surface area contributed by atoms with Gasteiger partial charge >= 0.3 is 6.09 Å². The second-order valence-electron chi connectivity index (χ2n) is 14.5. The van der Waals surface area contributed by atoms with Gasteiger partial charge in [0.1, 0.15) is 5.60 Å². The van der Waals surface area contributed by atoms with Gasteiger partial charge in [0.25, 0.3) is 0 Å². The second-order valence-corrected chi connectivity index (χ2v) is 14.5. The molecule has 0 aromatic rings. The molecular weight excluding hydrogens is 552 g/mol. The minimum atomic E-state index is -0.436. The van der Waals surface area contributed by atoms with Gasteiger partial charge in [0.2, 0.25) is 0 Å². The third-order valence-corrected chi connectivity index (χ3v) is 9.58. The molecule has 0 aromatic heterocycles. The molecule has 2 unspecified atom stereocenters. The number of nitrogens with zero attached hydrogens (tertiary/aromatic N) is 2. The first-order chi connectivity index (χ1) is 19.7. The highest BCUT2D eigenvalue weighted by Crippen LogP contribution is 2.28. The SMILES string of the molecule is COCC1CCCN(C[C@@H]2CCCC[C@H]2N)C1.COCC1CCCN(C[C@@H]2CCCC[C@H]2NC(=O)OC(C)(C)C)C1.Cl. The number of alkyl carbamates (subject to hydrolysis) is 1. The maximum absolute atomic E-state index is 12.1. The maximum Gasteiger partial charge on any atom is 0.407 e. The molecule has 42 heavy (non-hydrogen) atoms. The quantitative estimate of drug-likeness (QED) is 0.343. The summed E-state index contributed by atoms with van der Waals surface area (Å²) < 4.78 is 16.1. The normalized spacial score (nSPS) is 31.3. The van der Waals surface area contributed by atoms with Crippen molar-refractivity contribution in [2.45, 2.75) is 116 Å². The number of carbonyl (C=O) groups is 1. The Morgan fingerprint density at radius 3 is 1.79 bits per heavy atom. The molecule has 0 aromatic carbocycles. The number of nitrogens with two attached hydrogens (primary N) is 1. The van der Waals surface area contributed by atoms with Crippen LogP contribution >= 0.6 is 12.4 Å². The highest BCUT2D eigenvalue weighted by Gasteiger charge is 2.31. The van der Waals surface area contributed by atoms with E-state index in [2.05, 4.69) is 15.1 Å². The average Bonchev–Trinajstić information content (AvgIpc) is 2.91. The van der Waals surface area contributed by atoms with Crippen molar-refractivity contribution in [3.63, 3.8) is 0 Å². The average molecular weight is 617 g/mol. The van der Waals surface area contributed by atoms with E-state index in [0.717, 1.165) is 44.6 Å². The van der Waals surface area contributed by atoms with Crippen LogP contribution in [0.1, 0.15) is 97.8 Å². The van der Waals surface area contributed by atoms with Crippen LogP contribution in [-0.4, -0.2) is 100 Å². The van der Waals surface area contributed by atoms with Crippen molar-refractivity contribution in [1.82, 2.24) is 15.1 Å². The number of rotatable bonds is 9. The van der Waals surface area contributed by atoms with Gasteiger partial charge in [-0.05, 0) is 109 Å². The number of nitrogens with one attached hydrogen (secondary N) is 1. The molecule has 0 bridgehead atoms. The number of methoxy groups -OCH3 is 2. The second kappa shape index (κ2) is 19.7. The molecule has 2 heterocycles. The smallest absolute Gasteiger partial charge is 0.407 e. The number of piperidine rings is 2. The van der Waals surface area contributed by atoms with Crippen molar-refractivity contribution in [2.24, 2.45) is 29.4 Å². The molecule has 9 heteroatoms. The van der Waals surface area contributed by atoms with Gasteiger partial charge in [-0.3, -0.25) is 0 Å². The zero-order valence-corrected chi connectivity index (χ0v) is 28.4. The van der Waals surface area contributed by atoms with Crippen LogP contribution < -0.4 is 11.1 Å². The zero-order valence-electron chi connectivity index (χ0n) is 27.6. The van der Waals surface area contributed by atoms with E-state index in [4.69, 9.17) is 19.9 Å². The van der Waals surface area contributed by atoms with Crippen molar-refractivity contribution in [3.05, 3.63) is 0 Å². The molecule has 4 aliphatic rings. The molecule has 0 radical (unpaired) electrons. The van der Waals surface area contributed by atoms with Crippen LogP contribution in [-0.2, 0) is 14.2 Å². The predicted octanol–water partition coefficient (Wildman–Crippen LogP) is 5.71. The first-order valence-electron chi connectivity index (χ1n) is 16.8. The molecule has 2 aliphatic carbocycles. The van der Waals surface area contributed by atoms with Crippen molar-refractivity contribution < 1.29 is 19.0 Å². The van der Waals surface area contributed by atoms with Crippen molar-refractivity contribution in [3.8, 4) is 0 Å². The Hall–Kier alpha value is -0.640. The van der Waals surface area contributed by atoms with Crippen molar-refractivity contribution >= 4 is 18.5 Å². The Bertz CT molecular complexity index is 735. The number of hydrogen-bond acceptors (Lipinski definition) is 7. The van der Waals surface area contributed by atoms with E-state index in [-0.39, 0.29) is 24.5 Å². The molecule has 1 amide bonds. The van der Waals surface area contributed by atoms with E-state index < -0.39 is 5.60 Å². The van der Waals surface area contributed by atoms with Crippen LogP contribution in [0.4, 0.5) is 4.79 Å². The summed E-state index contributed by atoms with van der Waals surface area (Å²) in [6.45, 7) is 14.6. The molecule has 6 atom stereocenters. The zero-order chi connectivity index (χ0) is 29.7. The molecule has 4 rings (SSSR count). The standard InChI is InChI=1S/C19H36N2O3.C14H28N2O.ClH/c1-19(2,3)24-18(22)20-17-10-6-5-9-16(17)13-21-11-7-8-15(12-21)14-23-4;1-17-11-12-5-4-8-16(9-12)10-13-6-2-3-7-14(13)15;/h15-17H,5-14H2,1-4H3,(H,20,22);12-14H,2-11,15H2,1H3;1H/t15?,16-,17+;12?,13-,14+;/m00./s1. The molecular formula is C33H65ClN4O4. The van der Waals surface area contributed by atoms with Crippen LogP contribution in [0.25, 0.3) is 0 Å². The number of hydrogen-bond donors (Lipinski definition) is 2. The number of amides is 1. The number of carbonyl (C=O) groups excluding carboxylic acids is 1. The first kappa shape index (κ1) is 37.5. The van der Waals surface area contributed by atoms with E-state index >= 15 is 0 Å². The van der Waals surface area contributed by atoms with Gasteiger partial charge in [0, 0.05) is 52.5 Å². The third kappa shape index (κ3) is 14.0. The maximum atomic E-state index is 12.1. The summed E-state index contributed by atoms with van der Waals surface area (Å²) in [5.74, 6) is 2.68. The molecule has 3 N–H and O–H groups in total. The van der Waals surface area contributed by atoms with E-state index in [1.54, 1.807) is 7.11 Å². The summed E-state index contributed by atoms with van der Waals surface area (Å²) >= 11 is 0. The van der Waals surface area contributed by atoms with Gasteiger partial charge in [-0.2, -0.15) is 0 Å². The van der Waals surface area contributed by atoms with E-state index in [1.807, 2.05) is 27.9 Å². The summed E-state index contributed by atoms with van der Waals surface area (Å²) in [6, 6.07) is 0.697. The molecule has 2 aliphatic heterocycles. The van der Waals surface area contributed by atoms with Crippen LogP contribution in [0.3, 0.4) is 0 Å². The van der Waals surface area contributed by atoms with Gasteiger partial charge in [-0.15, -0.1) is 12.4 Å². The highest BCUT2D eigenvalue weighted by atomic mass is 35.5. The topological polar surface area (TPSA) is 89.3 Å². The minimum absolute atomic E-state index is 0. The van der Waals surface area contributed by atoms with Gasteiger partial charge in [-0.25, -0.2) is 4.79 Å². The number of ether oxygens (including phenoxy) is 3. The van der Waals surface area contributed by atoms with E-state index in [9.17, 15) is 4.79 Å². The fourth-order valence-corrected chi connectivity index (χ4v) is 7.58. The Labute approximate surface area is 263 Å². The largest absolute Gasteiger partial charge is 0.444 e. The monoisotopic (exact) mass is 616 g/mol. The lowest BCUT2D eigenvalue weighted by atomic mass is 9.83. The molecule has 4 fully saturated rings. The van der Waals surface area contributed by atoms with Gasteiger partial charge < -0.3 is 35.1 Å². The summed E-state index contributed by atoms with van der Waals surface area (Å²) in [7, 11) is 3.61. The van der Waals surface area contributed by atoms with Gasteiger partial charge in [-0.1, -0.05) is 25.7 Å². The highest BCUT2D eigenvalue weighted by molar-refractivity contribution is 5.85. The summed E-state index contributed by atoms with van der Waals surface area (Å²) in [4.78, 5) is 17.3. The lowest BCUT2D eigenvalue weighted by Crippen LogP contribution is -2.49. The van der Waals surface area contributed by atoms with Crippen LogP contribution in [0.15, 0.2) is 0 Å². The Morgan fingerprint density at radius 2 is 1.26 bits per heavy atom. The van der Waals surface area contributed by atoms with E-state index in [1.165, 1.54) is 96.8 Å². The number of halogens is 1. The third-order valence-electron chi connectivity index (χ3n) is 9.58. The molecule has 2 saturated carbocycles. The Balaban J connectivity index is 0.000000302. The van der Waals surface area contributed by atoms with Gasteiger partial charge in [0.05, 0.1) is 13.2 Å². The van der Waals surface area contributed by atoms with E-state index in [0.29, 0.717) is 17.9 Å². The molecule has 0 spiro atoms. The summed E-state index contributed by atoms with van der Waals surface area (Å²) in [5, 5.41) is 3.14. The molecule has 2 saturated heterocycles. The molecule has 248 valence electrons. The van der Waals surface area contributed by atoms with Crippen LogP contribution in [0.5, 0.6) is 0 Å². The lowest BCUT2D eigenvalue weighted by molar-refractivity contribution is 0.0426. The fraction of sp³-hybridized carbons (Fsp3) is 0.970. The Morgan fingerprint density at radius 1 is 0.762 bits per heavy atom. The summed E-state index contributed by atoms with van der Waals surface area (Å²) in [6.07, 6.45) is 15.0. The predicted molar refractivity (Wildman–Crippen MR) is 174 cm³/mol. The Kier molecular flexibility index (Phi) is 17.6. The molecule has 8 nitrogen and oxygen atoms in total.